The number of carbonyl (C=O) groups is 2. The van der Waals surface area contributed by atoms with Gasteiger partial charge in [0.05, 0.1) is 37.6 Å². The number of carbonyl (C=O) groups excluding carboxylic acids is 2. The van der Waals surface area contributed by atoms with E-state index in [2.05, 4.69) is 27.7 Å². The molecule has 0 saturated carbocycles. The van der Waals surface area contributed by atoms with Crippen molar-refractivity contribution in [2.75, 3.05) is 19.8 Å². The molecule has 0 saturated heterocycles. The zero-order chi connectivity index (χ0) is 33.2. The van der Waals surface area contributed by atoms with E-state index in [-0.39, 0.29) is 49.5 Å². The van der Waals surface area contributed by atoms with Gasteiger partial charge in [-0.3, -0.25) is 9.59 Å². The highest BCUT2D eigenvalue weighted by Gasteiger charge is 2.24. The molecule has 0 amide bonds. The molecule has 0 radical (unpaired) electrons. The maximum Gasteiger partial charge on any atom is 0.308 e. The Morgan fingerprint density at radius 2 is 0.667 bits per heavy atom. The predicted octanol–water partition coefficient (Wildman–Crippen LogP) is 11.9. The molecule has 5 nitrogen and oxygen atoms in total. The molecule has 0 spiro atoms. The number of aliphatic hydroxyl groups excluding tert-OH is 1. The first-order valence-electron chi connectivity index (χ1n) is 20.0. The van der Waals surface area contributed by atoms with Crippen LogP contribution in [0.4, 0.5) is 0 Å². The summed E-state index contributed by atoms with van der Waals surface area (Å²) < 4.78 is 11.5. The summed E-state index contributed by atoms with van der Waals surface area (Å²) in [5, 5.41) is 10.0. The van der Waals surface area contributed by atoms with E-state index in [1.165, 1.54) is 128 Å². The Morgan fingerprint density at radius 1 is 0.422 bits per heavy atom. The molecule has 0 aromatic heterocycles. The zero-order valence-corrected chi connectivity index (χ0v) is 30.7. The molecule has 0 unspecified atom stereocenters. The molecule has 0 aliphatic heterocycles. The Balaban J connectivity index is 4.78. The lowest BCUT2D eigenvalue weighted by Crippen LogP contribution is -2.28. The highest BCUT2D eigenvalue weighted by Crippen LogP contribution is 2.23. The van der Waals surface area contributed by atoms with Crippen molar-refractivity contribution < 1.29 is 24.2 Å². The standard InChI is InChI=1S/C40H78O5/c1-5-9-13-17-19-23-27-31-37(29-25-21-15-11-7-3)39(42)44-34-36(33-41)35-45-40(43)38(30-26-22-16-12-8-4)32-28-24-20-18-14-10-6-2/h36-38,41H,5-35H2,1-4H3/t37-,38-/m0/s1. The summed E-state index contributed by atoms with van der Waals surface area (Å²) in [5.74, 6) is -0.771. The Labute approximate surface area is 280 Å². The van der Waals surface area contributed by atoms with Crippen molar-refractivity contribution >= 4 is 11.9 Å². The van der Waals surface area contributed by atoms with Crippen LogP contribution in [0.2, 0.25) is 0 Å². The van der Waals surface area contributed by atoms with Gasteiger partial charge in [-0.05, 0) is 25.7 Å². The van der Waals surface area contributed by atoms with E-state index in [1.807, 2.05) is 0 Å². The van der Waals surface area contributed by atoms with E-state index in [0.717, 1.165) is 51.4 Å². The van der Waals surface area contributed by atoms with Crippen LogP contribution in [0, 0.1) is 17.8 Å². The second kappa shape index (κ2) is 34.2. The van der Waals surface area contributed by atoms with Gasteiger partial charge in [-0.15, -0.1) is 0 Å². The molecule has 0 heterocycles. The van der Waals surface area contributed by atoms with E-state index in [9.17, 15) is 14.7 Å². The Kier molecular flexibility index (Phi) is 33.4. The number of aliphatic hydroxyl groups is 1. The first-order valence-corrected chi connectivity index (χ1v) is 20.0. The lowest BCUT2D eigenvalue weighted by molar-refractivity contribution is -0.155. The minimum atomic E-state index is -0.370. The summed E-state index contributed by atoms with van der Waals surface area (Å²) in [6.07, 6.45) is 32.7. The quantitative estimate of drug-likeness (QED) is 0.0552. The Hall–Kier alpha value is -1.10. The van der Waals surface area contributed by atoms with Crippen molar-refractivity contribution in [3.05, 3.63) is 0 Å². The molecule has 0 aliphatic carbocycles. The summed E-state index contributed by atoms with van der Waals surface area (Å²) in [5.41, 5.74) is 0. The third-order valence-electron chi connectivity index (χ3n) is 9.47. The van der Waals surface area contributed by atoms with Crippen LogP contribution < -0.4 is 0 Å². The van der Waals surface area contributed by atoms with Gasteiger partial charge in [0.2, 0.25) is 0 Å². The van der Waals surface area contributed by atoms with Crippen LogP contribution in [-0.4, -0.2) is 36.9 Å². The van der Waals surface area contributed by atoms with E-state index in [0.29, 0.717) is 0 Å². The van der Waals surface area contributed by atoms with Crippen molar-refractivity contribution in [3.63, 3.8) is 0 Å². The van der Waals surface area contributed by atoms with Crippen LogP contribution in [0.1, 0.15) is 207 Å². The van der Waals surface area contributed by atoms with Gasteiger partial charge in [0.1, 0.15) is 0 Å². The molecule has 5 heteroatoms. The lowest BCUT2D eigenvalue weighted by atomic mass is 9.94. The van der Waals surface area contributed by atoms with Crippen LogP contribution in [0.5, 0.6) is 0 Å². The molecular formula is C40H78O5. The van der Waals surface area contributed by atoms with E-state index < -0.39 is 0 Å². The number of rotatable bonds is 35. The molecule has 1 N–H and O–H groups in total. The molecule has 0 aromatic rings. The highest BCUT2D eigenvalue weighted by atomic mass is 16.5. The van der Waals surface area contributed by atoms with Gasteiger partial charge < -0.3 is 14.6 Å². The van der Waals surface area contributed by atoms with Gasteiger partial charge in [-0.1, -0.05) is 182 Å². The van der Waals surface area contributed by atoms with Gasteiger partial charge in [-0.25, -0.2) is 0 Å². The smallest absolute Gasteiger partial charge is 0.308 e. The maximum absolute atomic E-state index is 13.1. The fourth-order valence-electron chi connectivity index (χ4n) is 6.23. The summed E-state index contributed by atoms with van der Waals surface area (Å²) in [4.78, 5) is 26.3. The molecule has 0 aliphatic rings. The summed E-state index contributed by atoms with van der Waals surface area (Å²) >= 11 is 0. The van der Waals surface area contributed by atoms with Gasteiger partial charge >= 0.3 is 11.9 Å². The first kappa shape index (κ1) is 43.9. The number of unbranched alkanes of at least 4 members (excludes halogenated alkanes) is 20. The van der Waals surface area contributed by atoms with Crippen molar-refractivity contribution in [3.8, 4) is 0 Å². The van der Waals surface area contributed by atoms with Crippen LogP contribution >= 0.6 is 0 Å². The average Bonchev–Trinajstić information content (AvgIpc) is 3.05. The molecule has 0 aromatic carbocycles. The number of esters is 2. The van der Waals surface area contributed by atoms with Crippen LogP contribution in [0.25, 0.3) is 0 Å². The molecule has 0 fully saturated rings. The Morgan fingerprint density at radius 3 is 0.911 bits per heavy atom. The van der Waals surface area contributed by atoms with Gasteiger partial charge in [-0.2, -0.15) is 0 Å². The van der Waals surface area contributed by atoms with Gasteiger partial charge in [0, 0.05) is 0 Å². The van der Waals surface area contributed by atoms with Crippen LogP contribution in [0.15, 0.2) is 0 Å². The topological polar surface area (TPSA) is 72.8 Å². The second-order valence-corrected chi connectivity index (χ2v) is 13.9. The van der Waals surface area contributed by atoms with Crippen molar-refractivity contribution in [2.45, 2.75) is 207 Å². The molecular weight excluding hydrogens is 560 g/mol. The largest absolute Gasteiger partial charge is 0.465 e. The van der Waals surface area contributed by atoms with Crippen molar-refractivity contribution in [1.29, 1.82) is 0 Å². The minimum absolute atomic E-state index is 0.0665. The molecule has 0 rings (SSSR count). The molecule has 268 valence electrons. The van der Waals surface area contributed by atoms with Crippen molar-refractivity contribution in [1.82, 2.24) is 0 Å². The third-order valence-corrected chi connectivity index (χ3v) is 9.47. The normalized spacial score (nSPS) is 12.8. The van der Waals surface area contributed by atoms with Crippen molar-refractivity contribution in [2.24, 2.45) is 17.8 Å². The van der Waals surface area contributed by atoms with E-state index in [1.54, 1.807) is 0 Å². The second-order valence-electron chi connectivity index (χ2n) is 13.9. The highest BCUT2D eigenvalue weighted by molar-refractivity contribution is 5.73. The van der Waals surface area contributed by atoms with Crippen LogP contribution in [-0.2, 0) is 19.1 Å². The third kappa shape index (κ3) is 27.7. The fourth-order valence-corrected chi connectivity index (χ4v) is 6.23. The first-order chi connectivity index (χ1) is 22.0. The maximum atomic E-state index is 13.1. The Bertz CT molecular complexity index is 584. The molecule has 0 bridgehead atoms. The monoisotopic (exact) mass is 639 g/mol. The fraction of sp³-hybridized carbons (Fsp3) is 0.950. The summed E-state index contributed by atoms with van der Waals surface area (Å²) in [6, 6.07) is 0. The zero-order valence-electron chi connectivity index (χ0n) is 30.7. The number of ether oxygens (including phenoxy) is 2. The van der Waals surface area contributed by atoms with Gasteiger partial charge in [0.25, 0.3) is 0 Å². The molecule has 2 atom stereocenters. The van der Waals surface area contributed by atoms with E-state index in [4.69, 9.17) is 9.47 Å². The average molecular weight is 639 g/mol. The number of hydrogen-bond acceptors (Lipinski definition) is 5. The minimum Gasteiger partial charge on any atom is -0.465 e. The molecule has 45 heavy (non-hydrogen) atoms. The SMILES string of the molecule is CCCCCCCCC[C@H](CCCCCCC)C(=O)OCC(CO)COC(=O)[C@@H](CCCCCCC)CCCCCCCCC. The van der Waals surface area contributed by atoms with Gasteiger partial charge in [0.15, 0.2) is 0 Å². The predicted molar refractivity (Wildman–Crippen MR) is 191 cm³/mol. The lowest BCUT2D eigenvalue weighted by Gasteiger charge is -2.21. The summed E-state index contributed by atoms with van der Waals surface area (Å²) in [6.45, 7) is 9.01. The van der Waals surface area contributed by atoms with Crippen LogP contribution in [0.3, 0.4) is 0 Å². The van der Waals surface area contributed by atoms with E-state index >= 15 is 0 Å². The summed E-state index contributed by atoms with van der Waals surface area (Å²) in [7, 11) is 0. The number of hydrogen-bond donors (Lipinski definition) is 1.